The highest BCUT2D eigenvalue weighted by Gasteiger charge is 2.30. The summed E-state index contributed by atoms with van der Waals surface area (Å²) in [4.78, 5) is 72.5. The molecule has 17 nitrogen and oxygen atoms in total. The molecule has 0 amide bonds. The fourth-order valence-corrected chi connectivity index (χ4v) is 12.1. The maximum atomic E-state index is 13.0. The van der Waals surface area contributed by atoms with E-state index < -0.39 is 97.5 Å². The number of carbonyl (C=O) groups excluding carboxylic acids is 4. The molecule has 0 aromatic heterocycles. The molecule has 0 fully saturated rings. The fraction of sp³-hybridized carbons (Fsp3) is 0.943. The lowest BCUT2D eigenvalue weighted by atomic mass is 10.0. The van der Waals surface area contributed by atoms with Crippen molar-refractivity contribution in [3.63, 3.8) is 0 Å². The monoisotopic (exact) mass is 1310 g/mol. The molecule has 19 heteroatoms. The molecule has 0 aliphatic heterocycles. The summed E-state index contributed by atoms with van der Waals surface area (Å²) in [6, 6.07) is 0. The molecule has 0 saturated heterocycles. The van der Waals surface area contributed by atoms with Crippen molar-refractivity contribution in [3.05, 3.63) is 0 Å². The van der Waals surface area contributed by atoms with Crippen LogP contribution in [-0.2, 0) is 65.4 Å². The van der Waals surface area contributed by atoms with Gasteiger partial charge in [0.15, 0.2) is 12.2 Å². The quantitative estimate of drug-likeness (QED) is 0.0222. The van der Waals surface area contributed by atoms with Gasteiger partial charge in [0.05, 0.1) is 26.4 Å². The van der Waals surface area contributed by atoms with Crippen LogP contribution in [0.25, 0.3) is 0 Å². The molecular formula is C70H136O17P2. The molecule has 0 heterocycles. The van der Waals surface area contributed by atoms with Crippen LogP contribution in [-0.4, -0.2) is 96.7 Å². The number of phosphoric ester groups is 2. The van der Waals surface area contributed by atoms with E-state index in [1.807, 2.05) is 0 Å². The SMILES string of the molecule is CC(C)CCCCCCCCCCCCCC(=O)O[C@H](COC(=O)CCCCCCCCCCC(C)C)COP(=O)(O)OCC(O)COP(=O)(O)OC[C@@H](COC(=O)CCCCCCCCCCC(C)C)OC(=O)CCCCCCCCCCCCC(C)C. The predicted molar refractivity (Wildman–Crippen MR) is 358 cm³/mol. The van der Waals surface area contributed by atoms with E-state index in [0.717, 1.165) is 114 Å². The van der Waals surface area contributed by atoms with E-state index >= 15 is 0 Å². The molecule has 0 radical (unpaired) electrons. The highest BCUT2D eigenvalue weighted by Crippen LogP contribution is 2.45. The number of phosphoric acid groups is 2. The van der Waals surface area contributed by atoms with Crippen molar-refractivity contribution in [3.8, 4) is 0 Å². The first-order valence-electron chi connectivity index (χ1n) is 36.2. The van der Waals surface area contributed by atoms with E-state index in [9.17, 15) is 43.2 Å². The van der Waals surface area contributed by atoms with Crippen molar-refractivity contribution >= 4 is 39.5 Å². The zero-order valence-electron chi connectivity index (χ0n) is 58.1. The van der Waals surface area contributed by atoms with E-state index in [1.54, 1.807) is 0 Å². The Morgan fingerprint density at radius 1 is 0.281 bits per heavy atom. The second-order valence-electron chi connectivity index (χ2n) is 27.2. The number of unbranched alkanes of at least 4 members (excludes halogenated alkanes) is 33. The molecule has 0 aromatic carbocycles. The lowest BCUT2D eigenvalue weighted by Gasteiger charge is -2.21. The number of esters is 4. The molecule has 0 aliphatic carbocycles. The second-order valence-corrected chi connectivity index (χ2v) is 30.1. The maximum absolute atomic E-state index is 13.0. The molecule has 0 aromatic rings. The first-order valence-corrected chi connectivity index (χ1v) is 39.2. The van der Waals surface area contributed by atoms with Crippen LogP contribution in [0.2, 0.25) is 0 Å². The topological polar surface area (TPSA) is 237 Å². The fourth-order valence-electron chi connectivity index (χ4n) is 10.5. The van der Waals surface area contributed by atoms with Gasteiger partial charge >= 0.3 is 39.5 Å². The highest BCUT2D eigenvalue weighted by atomic mass is 31.2. The predicted octanol–water partition coefficient (Wildman–Crippen LogP) is 19.7. The van der Waals surface area contributed by atoms with Crippen molar-refractivity contribution in [1.29, 1.82) is 0 Å². The average Bonchev–Trinajstić information content (AvgIpc) is 3.67. The van der Waals surface area contributed by atoms with Crippen LogP contribution in [0.3, 0.4) is 0 Å². The third-order valence-electron chi connectivity index (χ3n) is 16.1. The number of carbonyl (C=O) groups is 4. The molecule has 528 valence electrons. The first kappa shape index (κ1) is 87.1. The van der Waals surface area contributed by atoms with Crippen molar-refractivity contribution in [1.82, 2.24) is 0 Å². The smallest absolute Gasteiger partial charge is 0.462 e. The Morgan fingerprint density at radius 3 is 0.697 bits per heavy atom. The zero-order chi connectivity index (χ0) is 66.1. The van der Waals surface area contributed by atoms with Crippen LogP contribution >= 0.6 is 15.6 Å². The number of hydrogen-bond donors (Lipinski definition) is 3. The van der Waals surface area contributed by atoms with Gasteiger partial charge in [-0.05, 0) is 49.4 Å². The van der Waals surface area contributed by atoms with Crippen molar-refractivity contribution in [2.75, 3.05) is 39.6 Å². The minimum Gasteiger partial charge on any atom is -0.462 e. The molecular weight excluding hydrogens is 1170 g/mol. The largest absolute Gasteiger partial charge is 0.472 e. The van der Waals surface area contributed by atoms with Gasteiger partial charge in [0.2, 0.25) is 0 Å². The summed E-state index contributed by atoms with van der Waals surface area (Å²) < 4.78 is 68.3. The van der Waals surface area contributed by atoms with Gasteiger partial charge in [-0.2, -0.15) is 0 Å². The van der Waals surface area contributed by atoms with Crippen LogP contribution in [0.5, 0.6) is 0 Å². The molecule has 0 bridgehead atoms. The molecule has 0 aliphatic rings. The number of aliphatic hydroxyl groups is 1. The Bertz CT molecular complexity index is 1760. The minimum atomic E-state index is -4.95. The van der Waals surface area contributed by atoms with E-state index in [2.05, 4.69) is 55.4 Å². The Kier molecular flexibility index (Phi) is 58.5. The Balaban J connectivity index is 5.27. The van der Waals surface area contributed by atoms with E-state index in [-0.39, 0.29) is 25.7 Å². The molecule has 3 unspecified atom stereocenters. The molecule has 3 N–H and O–H groups in total. The molecule has 0 saturated carbocycles. The molecule has 89 heavy (non-hydrogen) atoms. The van der Waals surface area contributed by atoms with Gasteiger partial charge in [0.25, 0.3) is 0 Å². The Hall–Kier alpha value is -1.94. The molecule has 5 atom stereocenters. The Morgan fingerprint density at radius 2 is 0.472 bits per heavy atom. The van der Waals surface area contributed by atoms with Crippen molar-refractivity contribution in [2.24, 2.45) is 23.7 Å². The number of ether oxygens (including phenoxy) is 4. The van der Waals surface area contributed by atoms with Crippen LogP contribution in [0.1, 0.15) is 344 Å². The van der Waals surface area contributed by atoms with Gasteiger partial charge in [0.1, 0.15) is 19.3 Å². The summed E-state index contributed by atoms with van der Waals surface area (Å²) in [7, 11) is -9.90. The van der Waals surface area contributed by atoms with Crippen LogP contribution < -0.4 is 0 Å². The second kappa shape index (κ2) is 59.8. The average molecular weight is 1310 g/mol. The van der Waals surface area contributed by atoms with Gasteiger partial charge < -0.3 is 33.8 Å². The first-order chi connectivity index (χ1) is 42.6. The number of aliphatic hydroxyl groups excluding tert-OH is 1. The highest BCUT2D eigenvalue weighted by molar-refractivity contribution is 7.47. The van der Waals surface area contributed by atoms with E-state index in [1.165, 1.54) is 148 Å². The lowest BCUT2D eigenvalue weighted by Crippen LogP contribution is -2.30. The standard InChI is InChI=1S/C70H136O17P2/c1-60(2)46-38-30-22-14-10-9-11-16-28-36-44-52-69(74)86-65(56-80-67(72)50-42-34-26-20-18-24-32-40-48-62(5)6)58-84-88(76,77)82-54-64(71)55-83-89(78,79)85-59-66(57-81-68(73)51-43-35-27-21-19-25-33-41-49-63(7)8)87-70(75)53-45-37-29-17-13-12-15-23-31-39-47-61(3)4/h60-66,71H,9-59H2,1-8H3,(H,76,77)(H,78,79)/t64?,65-,66-/m1/s1. The van der Waals surface area contributed by atoms with Crippen LogP contribution in [0.4, 0.5) is 0 Å². The minimum absolute atomic E-state index is 0.105. The van der Waals surface area contributed by atoms with E-state index in [4.69, 9.17) is 37.0 Å². The summed E-state index contributed by atoms with van der Waals surface area (Å²) in [5.74, 6) is 0.840. The van der Waals surface area contributed by atoms with Gasteiger partial charge in [-0.1, -0.05) is 293 Å². The molecule has 0 spiro atoms. The normalized spacial score (nSPS) is 14.3. The third kappa shape index (κ3) is 64.6. The van der Waals surface area contributed by atoms with E-state index in [0.29, 0.717) is 25.7 Å². The third-order valence-corrected chi connectivity index (χ3v) is 18.0. The number of hydrogen-bond acceptors (Lipinski definition) is 15. The van der Waals surface area contributed by atoms with Crippen molar-refractivity contribution < 1.29 is 80.2 Å². The Labute approximate surface area is 543 Å². The van der Waals surface area contributed by atoms with Crippen LogP contribution in [0, 0.1) is 23.7 Å². The van der Waals surface area contributed by atoms with Gasteiger partial charge in [-0.3, -0.25) is 37.3 Å². The van der Waals surface area contributed by atoms with Crippen LogP contribution in [0.15, 0.2) is 0 Å². The van der Waals surface area contributed by atoms with Gasteiger partial charge in [-0.15, -0.1) is 0 Å². The lowest BCUT2D eigenvalue weighted by molar-refractivity contribution is -0.161. The summed E-state index contributed by atoms with van der Waals surface area (Å²) in [5.41, 5.74) is 0. The van der Waals surface area contributed by atoms with Gasteiger partial charge in [-0.25, -0.2) is 9.13 Å². The number of rotatable bonds is 67. The zero-order valence-corrected chi connectivity index (χ0v) is 59.8. The molecule has 0 rings (SSSR count). The summed E-state index contributed by atoms with van der Waals surface area (Å²) in [6.45, 7) is 14.1. The van der Waals surface area contributed by atoms with Gasteiger partial charge in [0, 0.05) is 25.7 Å². The summed E-state index contributed by atoms with van der Waals surface area (Å²) in [5, 5.41) is 10.6. The summed E-state index contributed by atoms with van der Waals surface area (Å²) in [6.07, 6.45) is 41.7. The van der Waals surface area contributed by atoms with Crippen molar-refractivity contribution in [2.45, 2.75) is 363 Å². The maximum Gasteiger partial charge on any atom is 0.472 e. The summed E-state index contributed by atoms with van der Waals surface area (Å²) >= 11 is 0.